The van der Waals surface area contributed by atoms with Gasteiger partial charge >= 0.3 is 5.97 Å². The Kier molecular flexibility index (Phi) is 6.02. The van der Waals surface area contributed by atoms with Crippen molar-refractivity contribution in [2.75, 3.05) is 19.7 Å². The number of benzene rings is 1. The van der Waals surface area contributed by atoms with Crippen LogP contribution in [0.4, 0.5) is 0 Å². The maximum absolute atomic E-state index is 12.7. The third-order valence-electron chi connectivity index (χ3n) is 4.20. The lowest BCUT2D eigenvalue weighted by Crippen LogP contribution is -2.40. The molecule has 1 amide bonds. The molecule has 2 rings (SSSR count). The lowest BCUT2D eigenvalue weighted by molar-refractivity contribution is -0.143. The Bertz CT molecular complexity index is 548. The molecule has 1 N–H and O–H groups in total. The van der Waals surface area contributed by atoms with Crippen LogP contribution in [-0.2, 0) is 4.79 Å². The number of piperidine rings is 1. The van der Waals surface area contributed by atoms with E-state index in [1.807, 2.05) is 18.2 Å². The predicted molar refractivity (Wildman–Crippen MR) is 87.7 cm³/mol. The highest BCUT2D eigenvalue weighted by Gasteiger charge is 2.28. The van der Waals surface area contributed by atoms with Crippen LogP contribution in [0.15, 0.2) is 24.3 Å². The molecular formula is C18H25NO4. The number of amides is 1. The molecule has 0 bridgehead atoms. The number of carbonyl (C=O) groups is 2. The molecule has 5 nitrogen and oxygen atoms in total. The van der Waals surface area contributed by atoms with Gasteiger partial charge in [0.1, 0.15) is 5.75 Å². The van der Waals surface area contributed by atoms with Crippen LogP contribution in [0, 0.1) is 11.8 Å². The molecule has 0 radical (unpaired) electrons. The average molecular weight is 319 g/mol. The zero-order chi connectivity index (χ0) is 16.8. The second-order valence-corrected chi connectivity index (χ2v) is 6.43. The number of nitrogens with zero attached hydrogens (tertiary/aromatic N) is 1. The number of hydrogen-bond donors (Lipinski definition) is 1. The summed E-state index contributed by atoms with van der Waals surface area (Å²) in [4.78, 5) is 25.4. The Hall–Kier alpha value is -2.04. The van der Waals surface area contributed by atoms with Gasteiger partial charge in [-0.15, -0.1) is 0 Å². The second kappa shape index (κ2) is 7.99. The van der Waals surface area contributed by atoms with E-state index in [1.54, 1.807) is 11.0 Å². The first-order valence-corrected chi connectivity index (χ1v) is 8.23. The first kappa shape index (κ1) is 17.3. The fourth-order valence-electron chi connectivity index (χ4n) is 2.67. The van der Waals surface area contributed by atoms with Crippen LogP contribution >= 0.6 is 0 Å². The highest BCUT2D eigenvalue weighted by Crippen LogP contribution is 2.24. The molecule has 5 heteroatoms. The van der Waals surface area contributed by atoms with Crippen LogP contribution in [0.1, 0.15) is 43.5 Å². The van der Waals surface area contributed by atoms with Crippen LogP contribution in [0.2, 0.25) is 0 Å². The molecule has 0 aliphatic carbocycles. The van der Waals surface area contributed by atoms with Crippen molar-refractivity contribution >= 4 is 11.9 Å². The zero-order valence-corrected chi connectivity index (χ0v) is 13.8. The van der Waals surface area contributed by atoms with Gasteiger partial charge in [-0.2, -0.15) is 0 Å². The highest BCUT2D eigenvalue weighted by molar-refractivity contribution is 5.97. The molecule has 1 aliphatic rings. The Labute approximate surface area is 137 Å². The zero-order valence-electron chi connectivity index (χ0n) is 13.8. The van der Waals surface area contributed by atoms with E-state index in [0.29, 0.717) is 49.8 Å². The summed E-state index contributed by atoms with van der Waals surface area (Å²) >= 11 is 0. The fourth-order valence-corrected chi connectivity index (χ4v) is 2.67. The largest absolute Gasteiger partial charge is 0.493 e. The van der Waals surface area contributed by atoms with Gasteiger partial charge in [0.25, 0.3) is 5.91 Å². The summed E-state index contributed by atoms with van der Waals surface area (Å²) in [7, 11) is 0. The predicted octanol–water partition coefficient (Wildman–Crippen LogP) is 3.05. The molecule has 0 spiro atoms. The Morgan fingerprint density at radius 2 is 1.91 bits per heavy atom. The van der Waals surface area contributed by atoms with Crippen molar-refractivity contribution in [3.05, 3.63) is 29.8 Å². The maximum atomic E-state index is 12.7. The third kappa shape index (κ3) is 4.71. The molecule has 1 aliphatic heterocycles. The minimum absolute atomic E-state index is 0.0750. The number of likely N-dealkylation sites (tertiary alicyclic amines) is 1. The molecular weight excluding hydrogens is 294 g/mol. The van der Waals surface area contributed by atoms with Crippen molar-refractivity contribution in [1.82, 2.24) is 4.90 Å². The normalized spacial score (nSPS) is 15.7. The van der Waals surface area contributed by atoms with Crippen molar-refractivity contribution in [2.24, 2.45) is 11.8 Å². The topological polar surface area (TPSA) is 66.8 Å². The molecule has 1 fully saturated rings. The number of para-hydroxylation sites is 1. The smallest absolute Gasteiger partial charge is 0.306 e. The van der Waals surface area contributed by atoms with E-state index in [4.69, 9.17) is 9.84 Å². The van der Waals surface area contributed by atoms with Crippen LogP contribution in [0.5, 0.6) is 5.75 Å². The van der Waals surface area contributed by atoms with Crippen molar-refractivity contribution in [3.63, 3.8) is 0 Å². The SMILES string of the molecule is CC(C)CCOc1ccccc1C(=O)N1CCC(C(=O)O)CC1. The first-order chi connectivity index (χ1) is 11.0. The quantitative estimate of drug-likeness (QED) is 0.875. The van der Waals surface area contributed by atoms with E-state index in [1.165, 1.54) is 0 Å². The number of aliphatic carboxylic acids is 1. The van der Waals surface area contributed by atoms with Crippen LogP contribution in [0.3, 0.4) is 0 Å². The van der Waals surface area contributed by atoms with Crippen LogP contribution in [0.25, 0.3) is 0 Å². The lowest BCUT2D eigenvalue weighted by Gasteiger charge is -2.30. The lowest BCUT2D eigenvalue weighted by atomic mass is 9.96. The fraction of sp³-hybridized carbons (Fsp3) is 0.556. The number of carboxylic acid groups (broad SMARTS) is 1. The van der Waals surface area contributed by atoms with E-state index in [9.17, 15) is 9.59 Å². The third-order valence-corrected chi connectivity index (χ3v) is 4.20. The number of carbonyl (C=O) groups excluding carboxylic acids is 1. The molecule has 1 saturated heterocycles. The van der Waals surface area contributed by atoms with E-state index >= 15 is 0 Å². The van der Waals surface area contributed by atoms with Crippen molar-refractivity contribution < 1.29 is 19.4 Å². The number of hydrogen-bond acceptors (Lipinski definition) is 3. The Morgan fingerprint density at radius 3 is 2.52 bits per heavy atom. The summed E-state index contributed by atoms with van der Waals surface area (Å²) in [6.07, 6.45) is 1.96. The number of ether oxygens (including phenoxy) is 1. The standard InChI is InChI=1S/C18H25NO4/c1-13(2)9-12-23-16-6-4-3-5-15(16)17(20)19-10-7-14(8-11-19)18(21)22/h3-6,13-14H,7-12H2,1-2H3,(H,21,22). The van der Waals surface area contributed by atoms with Gasteiger partial charge in [-0.3, -0.25) is 9.59 Å². The summed E-state index contributed by atoms with van der Waals surface area (Å²) in [5.74, 6) is -0.0218. The number of carboxylic acids is 1. The molecule has 1 heterocycles. The summed E-state index contributed by atoms with van der Waals surface area (Å²) in [5, 5.41) is 9.04. The summed E-state index contributed by atoms with van der Waals surface area (Å²) in [6, 6.07) is 7.28. The summed E-state index contributed by atoms with van der Waals surface area (Å²) < 4.78 is 5.78. The van der Waals surface area contributed by atoms with E-state index in [2.05, 4.69) is 13.8 Å². The van der Waals surface area contributed by atoms with Gasteiger partial charge in [0, 0.05) is 13.1 Å². The van der Waals surface area contributed by atoms with Crippen LogP contribution < -0.4 is 4.74 Å². The second-order valence-electron chi connectivity index (χ2n) is 6.43. The average Bonchev–Trinajstić information content (AvgIpc) is 2.54. The summed E-state index contributed by atoms with van der Waals surface area (Å²) in [6.45, 7) is 5.81. The van der Waals surface area contributed by atoms with Gasteiger partial charge in [-0.25, -0.2) is 0 Å². The van der Waals surface area contributed by atoms with Crippen LogP contribution in [-0.4, -0.2) is 41.6 Å². The first-order valence-electron chi connectivity index (χ1n) is 8.23. The number of rotatable bonds is 6. The Balaban J connectivity index is 2.01. The molecule has 1 aromatic rings. The summed E-state index contributed by atoms with van der Waals surface area (Å²) in [5.41, 5.74) is 0.560. The maximum Gasteiger partial charge on any atom is 0.306 e. The minimum atomic E-state index is -0.769. The van der Waals surface area contributed by atoms with Gasteiger partial charge in [0.05, 0.1) is 18.1 Å². The van der Waals surface area contributed by atoms with Gasteiger partial charge in [0.15, 0.2) is 0 Å². The highest BCUT2D eigenvalue weighted by atomic mass is 16.5. The van der Waals surface area contributed by atoms with Crippen molar-refractivity contribution in [1.29, 1.82) is 0 Å². The molecule has 0 aromatic heterocycles. The van der Waals surface area contributed by atoms with Gasteiger partial charge in [-0.05, 0) is 37.3 Å². The van der Waals surface area contributed by atoms with E-state index in [-0.39, 0.29) is 11.8 Å². The molecule has 0 unspecified atom stereocenters. The molecule has 0 atom stereocenters. The molecule has 1 aromatic carbocycles. The minimum Gasteiger partial charge on any atom is -0.493 e. The molecule has 23 heavy (non-hydrogen) atoms. The van der Waals surface area contributed by atoms with Crippen molar-refractivity contribution in [2.45, 2.75) is 33.1 Å². The van der Waals surface area contributed by atoms with E-state index < -0.39 is 5.97 Å². The molecule has 0 saturated carbocycles. The monoisotopic (exact) mass is 319 g/mol. The van der Waals surface area contributed by atoms with E-state index in [0.717, 1.165) is 6.42 Å². The van der Waals surface area contributed by atoms with Gasteiger partial charge < -0.3 is 14.7 Å². The Morgan fingerprint density at radius 1 is 1.26 bits per heavy atom. The van der Waals surface area contributed by atoms with Gasteiger partial charge in [0.2, 0.25) is 0 Å². The van der Waals surface area contributed by atoms with Gasteiger partial charge in [-0.1, -0.05) is 26.0 Å². The molecule has 126 valence electrons. The van der Waals surface area contributed by atoms with Crippen molar-refractivity contribution in [3.8, 4) is 5.75 Å².